The van der Waals surface area contributed by atoms with E-state index in [2.05, 4.69) is 24.5 Å². The standard InChI is InChI=1S/C30H44N2O4/c1-28-16-8-7-11-21(28)12-13-22-23(28)14-17-29(2)24(22)15-18-30(29,26(34)31-3)36-27(35)32-25(19-33)20-9-5-4-6-10-20/h4-6,9-10,21-25,33H,7-8,11-19H2,1-3H3,(H,31,34)(H,32,35)/t21?,22-,23-,24+,25?,28+,29+,30?/m1/s1. The van der Waals surface area contributed by atoms with E-state index in [0.29, 0.717) is 29.6 Å². The number of benzene rings is 1. The van der Waals surface area contributed by atoms with Crippen LogP contribution in [0.5, 0.6) is 0 Å². The molecule has 0 saturated heterocycles. The highest BCUT2D eigenvalue weighted by molar-refractivity contribution is 5.89. The van der Waals surface area contributed by atoms with Crippen molar-refractivity contribution in [1.82, 2.24) is 10.6 Å². The van der Waals surface area contributed by atoms with Gasteiger partial charge in [0.05, 0.1) is 12.6 Å². The second-order valence-electron chi connectivity index (χ2n) is 12.5. The molecule has 2 amide bonds. The molecule has 6 nitrogen and oxygen atoms in total. The normalized spacial score (nSPS) is 40.2. The fourth-order valence-corrected chi connectivity index (χ4v) is 9.33. The number of amides is 2. The molecule has 36 heavy (non-hydrogen) atoms. The van der Waals surface area contributed by atoms with Crippen LogP contribution in [0.3, 0.4) is 0 Å². The van der Waals surface area contributed by atoms with Crippen molar-refractivity contribution in [1.29, 1.82) is 0 Å². The molecule has 4 aliphatic rings. The maximum absolute atomic E-state index is 13.5. The van der Waals surface area contributed by atoms with Crippen molar-refractivity contribution in [3.05, 3.63) is 35.9 Å². The Hall–Kier alpha value is -2.08. The highest BCUT2D eigenvalue weighted by Crippen LogP contribution is 2.69. The van der Waals surface area contributed by atoms with Gasteiger partial charge in [0, 0.05) is 12.5 Å². The molecule has 1 aromatic carbocycles. The lowest BCUT2D eigenvalue weighted by Gasteiger charge is -2.61. The first-order valence-corrected chi connectivity index (χ1v) is 14.2. The monoisotopic (exact) mass is 496 g/mol. The number of hydrogen-bond acceptors (Lipinski definition) is 4. The zero-order chi connectivity index (χ0) is 25.6. The molecule has 3 unspecified atom stereocenters. The van der Waals surface area contributed by atoms with Crippen LogP contribution in [0.4, 0.5) is 4.79 Å². The lowest BCUT2D eigenvalue weighted by Crippen LogP contribution is -2.62. The van der Waals surface area contributed by atoms with Gasteiger partial charge in [0.15, 0.2) is 5.60 Å². The number of likely N-dealkylation sites (N-methyl/N-ethyl adjacent to an activating group) is 1. The van der Waals surface area contributed by atoms with Gasteiger partial charge in [-0.3, -0.25) is 4.79 Å². The Balaban J connectivity index is 1.39. The zero-order valence-electron chi connectivity index (χ0n) is 22.2. The summed E-state index contributed by atoms with van der Waals surface area (Å²) in [5.41, 5.74) is -0.365. The van der Waals surface area contributed by atoms with Crippen LogP contribution < -0.4 is 10.6 Å². The number of rotatable bonds is 5. The molecule has 0 aliphatic heterocycles. The summed E-state index contributed by atoms with van der Waals surface area (Å²) in [6.45, 7) is 4.52. The van der Waals surface area contributed by atoms with Gasteiger partial charge in [-0.15, -0.1) is 0 Å². The number of carbonyl (C=O) groups excluding carboxylic acids is 2. The molecule has 4 aliphatic carbocycles. The maximum atomic E-state index is 13.5. The van der Waals surface area contributed by atoms with Crippen LogP contribution in [0.2, 0.25) is 0 Å². The van der Waals surface area contributed by atoms with Crippen molar-refractivity contribution in [3.8, 4) is 0 Å². The number of aliphatic hydroxyl groups is 1. The third-order valence-electron chi connectivity index (χ3n) is 11.2. The lowest BCUT2D eigenvalue weighted by atomic mass is 9.44. The number of aliphatic hydroxyl groups excluding tert-OH is 1. The Morgan fingerprint density at radius 3 is 2.47 bits per heavy atom. The Bertz CT molecular complexity index is 969. The Morgan fingerprint density at radius 1 is 1.00 bits per heavy atom. The Kier molecular flexibility index (Phi) is 6.86. The van der Waals surface area contributed by atoms with Crippen molar-refractivity contribution in [2.24, 2.45) is 34.5 Å². The van der Waals surface area contributed by atoms with E-state index >= 15 is 0 Å². The van der Waals surface area contributed by atoms with E-state index in [9.17, 15) is 14.7 Å². The van der Waals surface area contributed by atoms with Gasteiger partial charge in [0.1, 0.15) is 0 Å². The van der Waals surface area contributed by atoms with E-state index in [1.165, 1.54) is 38.5 Å². The summed E-state index contributed by atoms with van der Waals surface area (Å²) in [6, 6.07) is 8.80. The van der Waals surface area contributed by atoms with Crippen LogP contribution in [0.25, 0.3) is 0 Å². The van der Waals surface area contributed by atoms with Crippen LogP contribution in [0, 0.1) is 34.5 Å². The number of ether oxygens (including phenoxy) is 1. The van der Waals surface area contributed by atoms with E-state index in [1.54, 1.807) is 7.05 Å². The van der Waals surface area contributed by atoms with Gasteiger partial charge >= 0.3 is 6.09 Å². The van der Waals surface area contributed by atoms with Crippen LogP contribution in [0.1, 0.15) is 89.7 Å². The third kappa shape index (κ3) is 3.86. The zero-order valence-corrected chi connectivity index (χ0v) is 22.2. The average Bonchev–Trinajstić information content (AvgIpc) is 3.19. The molecule has 0 radical (unpaired) electrons. The first kappa shape index (κ1) is 25.6. The van der Waals surface area contributed by atoms with E-state index < -0.39 is 23.2 Å². The summed E-state index contributed by atoms with van der Waals surface area (Å²) in [5, 5.41) is 15.6. The summed E-state index contributed by atoms with van der Waals surface area (Å²) in [5.74, 6) is 2.33. The fourth-order valence-electron chi connectivity index (χ4n) is 9.33. The minimum absolute atomic E-state index is 0.195. The molecule has 8 atom stereocenters. The SMILES string of the molecule is CNC(=O)C1(OC(=O)NC(CO)c2ccccc2)CC[C@H]2[C@@H]3CCC4CCCC[C@]4(C)[C@@H]3CC[C@@]21C. The van der Waals surface area contributed by atoms with Crippen LogP contribution in [0.15, 0.2) is 30.3 Å². The van der Waals surface area contributed by atoms with E-state index in [4.69, 9.17) is 4.74 Å². The largest absolute Gasteiger partial charge is 0.432 e. The predicted molar refractivity (Wildman–Crippen MR) is 139 cm³/mol. The van der Waals surface area contributed by atoms with Gasteiger partial charge < -0.3 is 20.5 Å². The number of nitrogens with one attached hydrogen (secondary N) is 2. The molecule has 0 heterocycles. The van der Waals surface area contributed by atoms with Gasteiger partial charge in [0.2, 0.25) is 0 Å². The molecule has 4 saturated carbocycles. The highest BCUT2D eigenvalue weighted by Gasteiger charge is 2.69. The van der Waals surface area contributed by atoms with Crippen LogP contribution in [-0.4, -0.2) is 36.4 Å². The van der Waals surface area contributed by atoms with Gasteiger partial charge in [-0.25, -0.2) is 4.79 Å². The summed E-state index contributed by atoms with van der Waals surface area (Å²) >= 11 is 0. The second-order valence-corrected chi connectivity index (χ2v) is 12.5. The lowest BCUT2D eigenvalue weighted by molar-refractivity contribution is -0.171. The molecule has 4 fully saturated rings. The maximum Gasteiger partial charge on any atom is 0.408 e. The first-order valence-electron chi connectivity index (χ1n) is 14.2. The van der Waals surface area contributed by atoms with Crippen LogP contribution in [-0.2, 0) is 9.53 Å². The fraction of sp³-hybridized carbons (Fsp3) is 0.733. The third-order valence-corrected chi connectivity index (χ3v) is 11.2. The smallest absolute Gasteiger partial charge is 0.408 e. The molecule has 0 spiro atoms. The second kappa shape index (κ2) is 9.66. The summed E-state index contributed by atoms with van der Waals surface area (Å²) < 4.78 is 6.22. The molecular formula is C30H44N2O4. The quantitative estimate of drug-likeness (QED) is 0.512. The van der Waals surface area contributed by atoms with E-state index in [-0.39, 0.29) is 12.5 Å². The van der Waals surface area contributed by atoms with Crippen molar-refractivity contribution in [2.75, 3.05) is 13.7 Å². The van der Waals surface area contributed by atoms with Gasteiger partial charge in [-0.05, 0) is 86.0 Å². The van der Waals surface area contributed by atoms with E-state index in [1.807, 2.05) is 30.3 Å². The van der Waals surface area contributed by atoms with Crippen molar-refractivity contribution in [3.63, 3.8) is 0 Å². The minimum atomic E-state index is -1.19. The van der Waals surface area contributed by atoms with Crippen molar-refractivity contribution >= 4 is 12.0 Å². The molecule has 3 N–H and O–H groups in total. The number of carbonyl (C=O) groups is 2. The Labute approximate surface area is 215 Å². The van der Waals surface area contributed by atoms with Gasteiger partial charge in [-0.2, -0.15) is 0 Å². The number of hydrogen-bond donors (Lipinski definition) is 3. The number of fused-ring (bicyclic) bond motifs is 5. The molecule has 0 aromatic heterocycles. The van der Waals surface area contributed by atoms with Crippen LogP contribution >= 0.6 is 0 Å². The van der Waals surface area contributed by atoms with Crippen molar-refractivity contribution in [2.45, 2.75) is 89.7 Å². The molecule has 198 valence electrons. The molecular weight excluding hydrogens is 452 g/mol. The Morgan fingerprint density at radius 2 is 1.75 bits per heavy atom. The number of alkyl carbamates (subject to hydrolysis) is 1. The topological polar surface area (TPSA) is 87.7 Å². The van der Waals surface area contributed by atoms with Crippen molar-refractivity contribution < 1.29 is 19.4 Å². The molecule has 5 rings (SSSR count). The highest BCUT2D eigenvalue weighted by atomic mass is 16.6. The first-order chi connectivity index (χ1) is 17.3. The molecule has 6 heteroatoms. The average molecular weight is 497 g/mol. The van der Waals surface area contributed by atoms with Gasteiger partial charge in [-0.1, -0.05) is 57.0 Å². The summed E-state index contributed by atoms with van der Waals surface area (Å²) in [7, 11) is 1.64. The summed E-state index contributed by atoms with van der Waals surface area (Å²) in [6.07, 6.45) is 10.8. The van der Waals surface area contributed by atoms with Gasteiger partial charge in [0.25, 0.3) is 5.91 Å². The minimum Gasteiger partial charge on any atom is -0.432 e. The molecule has 0 bridgehead atoms. The molecule has 1 aromatic rings. The summed E-state index contributed by atoms with van der Waals surface area (Å²) in [4.78, 5) is 26.8. The van der Waals surface area contributed by atoms with E-state index in [0.717, 1.165) is 30.7 Å². The predicted octanol–water partition coefficient (Wildman–Crippen LogP) is 5.36.